The number of piperazine rings is 1. The molecule has 0 atom stereocenters. The van der Waals surface area contributed by atoms with Gasteiger partial charge in [0.15, 0.2) is 5.11 Å². The Morgan fingerprint density at radius 1 is 1.22 bits per heavy atom. The molecular weight excluding hydrogens is 346 g/mol. The highest BCUT2D eigenvalue weighted by atomic mass is 35.5. The molecule has 0 radical (unpaired) electrons. The highest BCUT2D eigenvalue weighted by Gasteiger charge is 2.26. The van der Waals surface area contributed by atoms with E-state index in [9.17, 15) is 0 Å². The van der Waals surface area contributed by atoms with E-state index < -0.39 is 0 Å². The van der Waals surface area contributed by atoms with Crippen LogP contribution in [-0.2, 0) is 0 Å². The topological polar surface area (TPSA) is 18.5 Å². The lowest BCUT2D eigenvalue weighted by Gasteiger charge is -2.41. The number of aryl methyl sites for hydroxylation is 1. The Labute approximate surface area is 153 Å². The number of thiocarbonyl (C=S) groups is 1. The van der Waals surface area contributed by atoms with E-state index in [0.717, 1.165) is 53.6 Å². The van der Waals surface area contributed by atoms with Gasteiger partial charge in [0.25, 0.3) is 0 Å². The molecule has 6 heteroatoms. The van der Waals surface area contributed by atoms with Crippen molar-refractivity contribution in [3.63, 3.8) is 0 Å². The molecule has 2 aliphatic rings. The smallest absolute Gasteiger partial charge is 0.173 e. The van der Waals surface area contributed by atoms with Crippen molar-refractivity contribution in [2.75, 3.05) is 43.0 Å². The minimum absolute atomic E-state index is 0.758. The zero-order valence-electron chi connectivity index (χ0n) is 13.6. The molecule has 2 aliphatic heterocycles. The SMILES string of the molecule is Cc1cccc(NC(=S)N2CCN(C3CCSCC3)CC2)c1Cl. The molecule has 1 aromatic rings. The number of rotatable bonds is 2. The predicted octanol–water partition coefficient (Wildman–Crippen LogP) is 3.86. The van der Waals surface area contributed by atoms with Crippen molar-refractivity contribution in [2.45, 2.75) is 25.8 Å². The van der Waals surface area contributed by atoms with Crippen LogP contribution in [0.5, 0.6) is 0 Å². The quantitative estimate of drug-likeness (QED) is 0.795. The summed E-state index contributed by atoms with van der Waals surface area (Å²) < 4.78 is 0. The molecule has 0 unspecified atom stereocenters. The molecule has 0 amide bonds. The molecule has 2 saturated heterocycles. The van der Waals surface area contributed by atoms with E-state index in [4.69, 9.17) is 23.8 Å². The number of thioether (sulfide) groups is 1. The lowest BCUT2D eigenvalue weighted by Crippen LogP contribution is -2.53. The fourth-order valence-corrected chi connectivity index (χ4v) is 4.83. The van der Waals surface area contributed by atoms with Crippen molar-refractivity contribution in [1.29, 1.82) is 0 Å². The molecule has 0 spiro atoms. The fraction of sp³-hybridized carbons (Fsp3) is 0.588. The summed E-state index contributed by atoms with van der Waals surface area (Å²) in [6.45, 7) is 6.23. The van der Waals surface area contributed by atoms with Crippen LogP contribution in [0.15, 0.2) is 18.2 Å². The Kier molecular flexibility index (Phi) is 6.07. The third-order valence-electron chi connectivity index (χ3n) is 4.74. The van der Waals surface area contributed by atoms with Gasteiger partial charge in [0.05, 0.1) is 10.7 Å². The molecule has 2 heterocycles. The van der Waals surface area contributed by atoms with Gasteiger partial charge >= 0.3 is 0 Å². The second-order valence-corrected chi connectivity index (χ2v) is 8.22. The molecule has 23 heavy (non-hydrogen) atoms. The van der Waals surface area contributed by atoms with Gasteiger partial charge in [0.1, 0.15) is 0 Å². The van der Waals surface area contributed by atoms with Gasteiger partial charge in [-0.25, -0.2) is 0 Å². The van der Waals surface area contributed by atoms with Crippen LogP contribution in [0.4, 0.5) is 5.69 Å². The van der Waals surface area contributed by atoms with Crippen LogP contribution in [0.3, 0.4) is 0 Å². The van der Waals surface area contributed by atoms with Crippen LogP contribution in [0.25, 0.3) is 0 Å². The Morgan fingerprint density at radius 2 is 1.91 bits per heavy atom. The number of hydrogen-bond donors (Lipinski definition) is 1. The van der Waals surface area contributed by atoms with Crippen molar-refractivity contribution in [2.24, 2.45) is 0 Å². The van der Waals surface area contributed by atoms with Gasteiger partial charge in [-0.15, -0.1) is 0 Å². The van der Waals surface area contributed by atoms with E-state index in [1.54, 1.807) is 0 Å². The summed E-state index contributed by atoms with van der Waals surface area (Å²) in [6, 6.07) is 6.78. The molecule has 3 nitrogen and oxygen atoms in total. The summed E-state index contributed by atoms with van der Waals surface area (Å²) in [5.74, 6) is 2.63. The van der Waals surface area contributed by atoms with E-state index in [1.165, 1.54) is 24.3 Å². The van der Waals surface area contributed by atoms with Gasteiger partial charge in [0, 0.05) is 32.2 Å². The Hall–Kier alpha value is -0.490. The lowest BCUT2D eigenvalue weighted by molar-refractivity contribution is 0.126. The Bertz CT molecular complexity index is 553. The van der Waals surface area contributed by atoms with E-state index in [1.807, 2.05) is 25.1 Å². The van der Waals surface area contributed by atoms with Crippen molar-refractivity contribution in [1.82, 2.24) is 9.80 Å². The first kappa shape index (κ1) is 17.3. The molecule has 0 saturated carbocycles. The molecular formula is C17H24ClN3S2. The van der Waals surface area contributed by atoms with Crippen LogP contribution >= 0.6 is 35.6 Å². The van der Waals surface area contributed by atoms with Gasteiger partial charge in [-0.3, -0.25) is 4.90 Å². The first-order chi connectivity index (χ1) is 11.1. The number of nitrogens with zero attached hydrogens (tertiary/aromatic N) is 2. The van der Waals surface area contributed by atoms with Gasteiger partial charge in [-0.05, 0) is 55.1 Å². The monoisotopic (exact) mass is 369 g/mol. The zero-order valence-corrected chi connectivity index (χ0v) is 15.9. The van der Waals surface area contributed by atoms with Gasteiger partial charge in [-0.1, -0.05) is 23.7 Å². The highest BCUT2D eigenvalue weighted by Crippen LogP contribution is 2.26. The molecule has 1 N–H and O–H groups in total. The first-order valence-corrected chi connectivity index (χ1v) is 10.2. The standard InChI is InChI=1S/C17H24ClN3S2/c1-13-3-2-4-15(16(13)18)19-17(22)21-9-7-20(8-10-21)14-5-11-23-12-6-14/h2-4,14H,5-12H2,1H3,(H,19,22). The van der Waals surface area contributed by atoms with Crippen LogP contribution in [0, 0.1) is 6.92 Å². The Morgan fingerprint density at radius 3 is 2.61 bits per heavy atom. The maximum Gasteiger partial charge on any atom is 0.173 e. The summed E-state index contributed by atoms with van der Waals surface area (Å²) in [5.41, 5.74) is 1.97. The molecule has 3 rings (SSSR count). The summed E-state index contributed by atoms with van der Waals surface area (Å²) in [6.07, 6.45) is 2.68. The van der Waals surface area contributed by atoms with Crippen LogP contribution in [0.1, 0.15) is 18.4 Å². The molecule has 0 aromatic heterocycles. The normalized spacial score (nSPS) is 20.5. The minimum Gasteiger partial charge on any atom is -0.346 e. The number of nitrogens with one attached hydrogen (secondary N) is 1. The van der Waals surface area contributed by atoms with E-state index in [2.05, 4.69) is 26.9 Å². The van der Waals surface area contributed by atoms with Gasteiger partial charge in [-0.2, -0.15) is 11.8 Å². The van der Waals surface area contributed by atoms with E-state index in [0.29, 0.717) is 0 Å². The minimum atomic E-state index is 0.758. The van der Waals surface area contributed by atoms with Gasteiger partial charge in [0.2, 0.25) is 0 Å². The molecule has 2 fully saturated rings. The average Bonchev–Trinajstić information content (AvgIpc) is 2.60. The largest absolute Gasteiger partial charge is 0.346 e. The van der Waals surface area contributed by atoms with Crippen LogP contribution < -0.4 is 5.32 Å². The number of halogens is 1. The average molecular weight is 370 g/mol. The molecule has 1 aromatic carbocycles. The number of hydrogen-bond acceptors (Lipinski definition) is 3. The second-order valence-electron chi connectivity index (χ2n) is 6.23. The zero-order chi connectivity index (χ0) is 16.2. The lowest BCUT2D eigenvalue weighted by atomic mass is 10.1. The van der Waals surface area contributed by atoms with Crippen molar-refractivity contribution >= 4 is 46.4 Å². The number of benzene rings is 1. The van der Waals surface area contributed by atoms with Crippen molar-refractivity contribution < 1.29 is 0 Å². The fourth-order valence-electron chi connectivity index (χ4n) is 3.28. The third kappa shape index (κ3) is 4.32. The van der Waals surface area contributed by atoms with Crippen LogP contribution in [-0.4, -0.2) is 58.6 Å². The number of anilines is 1. The summed E-state index contributed by atoms with van der Waals surface area (Å²) in [4.78, 5) is 4.92. The van der Waals surface area contributed by atoms with E-state index >= 15 is 0 Å². The summed E-state index contributed by atoms with van der Waals surface area (Å²) in [5, 5.41) is 4.86. The maximum absolute atomic E-state index is 6.35. The third-order valence-corrected chi connectivity index (χ3v) is 6.65. The molecule has 0 aliphatic carbocycles. The summed E-state index contributed by atoms with van der Waals surface area (Å²) in [7, 11) is 0. The van der Waals surface area contributed by atoms with Crippen molar-refractivity contribution in [3.05, 3.63) is 28.8 Å². The van der Waals surface area contributed by atoms with Crippen LogP contribution in [0.2, 0.25) is 5.02 Å². The molecule has 0 bridgehead atoms. The van der Waals surface area contributed by atoms with Crippen molar-refractivity contribution in [3.8, 4) is 0 Å². The first-order valence-electron chi connectivity index (χ1n) is 8.28. The maximum atomic E-state index is 6.35. The van der Waals surface area contributed by atoms with Gasteiger partial charge < -0.3 is 10.2 Å². The summed E-state index contributed by atoms with van der Waals surface area (Å²) >= 11 is 14.0. The Balaban J connectivity index is 1.53. The van der Waals surface area contributed by atoms with E-state index in [-0.39, 0.29) is 0 Å². The predicted molar refractivity (Wildman–Crippen MR) is 106 cm³/mol. The molecule has 126 valence electrons. The second kappa shape index (κ2) is 8.06. The highest BCUT2D eigenvalue weighted by molar-refractivity contribution is 7.99.